The van der Waals surface area contributed by atoms with Crippen molar-refractivity contribution in [3.63, 3.8) is 0 Å². The molecule has 20 heavy (non-hydrogen) atoms. The number of aromatic nitrogens is 1. The van der Waals surface area contributed by atoms with Crippen molar-refractivity contribution >= 4 is 23.3 Å². The summed E-state index contributed by atoms with van der Waals surface area (Å²) in [6, 6.07) is 1.07. The zero-order valence-corrected chi connectivity index (χ0v) is 10.7. The van der Waals surface area contributed by atoms with Gasteiger partial charge in [-0.15, -0.1) is 0 Å². The van der Waals surface area contributed by atoms with Gasteiger partial charge in [-0.2, -0.15) is 0 Å². The molecule has 0 spiro atoms. The summed E-state index contributed by atoms with van der Waals surface area (Å²) >= 11 is 0. The number of amides is 2. The number of anilines is 1. The van der Waals surface area contributed by atoms with Gasteiger partial charge in [0, 0.05) is 19.0 Å². The van der Waals surface area contributed by atoms with E-state index in [1.165, 1.54) is 0 Å². The number of nitrogens with two attached hydrogens (primary N) is 2. The topological polar surface area (TPSA) is 154 Å². The number of hydrogen-bond donors (Lipinski definition) is 3. The molecule has 0 saturated heterocycles. The average molecular weight is 281 g/mol. The van der Waals surface area contributed by atoms with Crippen molar-refractivity contribution in [1.82, 2.24) is 10.3 Å². The summed E-state index contributed by atoms with van der Waals surface area (Å²) in [5.74, 6) is -1.02. The number of nitrogens with one attached hydrogen (secondary N) is 1. The Balaban J connectivity index is 2.57. The highest BCUT2D eigenvalue weighted by Gasteiger charge is 2.16. The fourth-order valence-electron chi connectivity index (χ4n) is 1.47. The Morgan fingerprint density at radius 3 is 2.70 bits per heavy atom. The van der Waals surface area contributed by atoms with Gasteiger partial charge in [-0.25, -0.2) is 4.98 Å². The molecule has 9 nitrogen and oxygen atoms in total. The van der Waals surface area contributed by atoms with Crippen LogP contribution in [0.5, 0.6) is 0 Å². The van der Waals surface area contributed by atoms with E-state index in [4.69, 9.17) is 11.5 Å². The highest BCUT2D eigenvalue weighted by molar-refractivity contribution is 5.98. The molecule has 0 atom stereocenters. The van der Waals surface area contributed by atoms with Crippen LogP contribution in [0.1, 0.15) is 29.6 Å². The third-order valence-electron chi connectivity index (χ3n) is 2.50. The van der Waals surface area contributed by atoms with E-state index in [-0.39, 0.29) is 23.5 Å². The van der Waals surface area contributed by atoms with Gasteiger partial charge < -0.3 is 16.8 Å². The second kappa shape index (κ2) is 7.02. The largest absolute Gasteiger partial charge is 0.383 e. The Labute approximate surface area is 114 Å². The first-order valence-electron chi connectivity index (χ1n) is 5.88. The molecule has 1 rings (SSSR count). The van der Waals surface area contributed by atoms with Crippen LogP contribution in [0, 0.1) is 10.1 Å². The molecule has 2 amide bonds. The number of rotatable bonds is 7. The number of unbranched alkanes of at least 4 members (excludes halogenated alkanes) is 1. The van der Waals surface area contributed by atoms with Crippen LogP contribution in [-0.2, 0) is 4.79 Å². The molecule has 0 aliphatic heterocycles. The van der Waals surface area contributed by atoms with E-state index in [9.17, 15) is 19.7 Å². The molecule has 1 aromatic rings. The minimum atomic E-state index is -0.657. The molecule has 0 fully saturated rings. The van der Waals surface area contributed by atoms with Gasteiger partial charge >= 0.3 is 0 Å². The molecule has 0 aromatic carbocycles. The molecule has 0 saturated carbocycles. The van der Waals surface area contributed by atoms with Gasteiger partial charge in [0.1, 0.15) is 12.0 Å². The lowest BCUT2D eigenvalue weighted by molar-refractivity contribution is -0.385. The smallest absolute Gasteiger partial charge is 0.288 e. The molecule has 1 aromatic heterocycles. The van der Waals surface area contributed by atoms with E-state index < -0.39 is 16.7 Å². The van der Waals surface area contributed by atoms with Crippen LogP contribution in [0.2, 0.25) is 0 Å². The number of pyridine rings is 1. The van der Waals surface area contributed by atoms with E-state index in [0.717, 1.165) is 12.3 Å². The molecule has 0 aliphatic carbocycles. The Morgan fingerprint density at radius 2 is 2.10 bits per heavy atom. The Bertz CT molecular complexity index is 532. The fourth-order valence-corrected chi connectivity index (χ4v) is 1.47. The van der Waals surface area contributed by atoms with Crippen LogP contribution in [0.4, 0.5) is 11.5 Å². The zero-order chi connectivity index (χ0) is 15.1. The molecule has 108 valence electrons. The Kier molecular flexibility index (Phi) is 5.39. The summed E-state index contributed by atoms with van der Waals surface area (Å²) in [5, 5.41) is 13.1. The lowest BCUT2D eigenvalue weighted by atomic mass is 10.2. The van der Waals surface area contributed by atoms with Crippen LogP contribution in [0.25, 0.3) is 0 Å². The maximum absolute atomic E-state index is 11.8. The summed E-state index contributed by atoms with van der Waals surface area (Å²) in [6.07, 6.45) is 2.35. The molecule has 0 aliphatic rings. The fraction of sp³-hybridized carbons (Fsp3) is 0.364. The first kappa shape index (κ1) is 15.3. The zero-order valence-electron chi connectivity index (χ0n) is 10.7. The Morgan fingerprint density at radius 1 is 1.40 bits per heavy atom. The molecule has 0 unspecified atom stereocenters. The minimum Gasteiger partial charge on any atom is -0.383 e. The first-order valence-corrected chi connectivity index (χ1v) is 5.88. The van der Waals surface area contributed by atoms with Crippen molar-refractivity contribution in [1.29, 1.82) is 0 Å². The quantitative estimate of drug-likeness (QED) is 0.362. The average Bonchev–Trinajstić information content (AvgIpc) is 2.37. The predicted molar refractivity (Wildman–Crippen MR) is 70.7 cm³/mol. The summed E-state index contributed by atoms with van der Waals surface area (Å²) in [5.41, 5.74) is 10.1. The highest BCUT2D eigenvalue weighted by atomic mass is 16.6. The van der Waals surface area contributed by atoms with Gasteiger partial charge in [0.05, 0.1) is 10.5 Å². The SMILES string of the molecule is NC(=O)CCCCNC(=O)c1cc([N+](=O)[O-])cnc1N. The third kappa shape index (κ3) is 4.52. The van der Waals surface area contributed by atoms with Crippen molar-refractivity contribution in [3.05, 3.63) is 27.9 Å². The number of carbonyl (C=O) groups excluding carboxylic acids is 2. The van der Waals surface area contributed by atoms with Crippen molar-refractivity contribution in [2.24, 2.45) is 5.73 Å². The van der Waals surface area contributed by atoms with Crippen LogP contribution in [0.15, 0.2) is 12.3 Å². The van der Waals surface area contributed by atoms with E-state index >= 15 is 0 Å². The van der Waals surface area contributed by atoms with E-state index in [0.29, 0.717) is 19.4 Å². The lowest BCUT2D eigenvalue weighted by Gasteiger charge is -2.06. The van der Waals surface area contributed by atoms with Crippen molar-refractivity contribution in [3.8, 4) is 0 Å². The molecular formula is C11H15N5O4. The van der Waals surface area contributed by atoms with Gasteiger partial charge in [-0.3, -0.25) is 19.7 Å². The molecule has 1 heterocycles. The number of carbonyl (C=O) groups is 2. The molecule has 0 radical (unpaired) electrons. The summed E-state index contributed by atoms with van der Waals surface area (Å²) in [4.78, 5) is 35.8. The molecule has 0 bridgehead atoms. The second-order valence-corrected chi connectivity index (χ2v) is 4.06. The normalized spacial score (nSPS) is 10.0. The first-order chi connectivity index (χ1) is 9.41. The van der Waals surface area contributed by atoms with Gasteiger partial charge in [-0.1, -0.05) is 0 Å². The predicted octanol–water partition coefficient (Wildman–Crippen LogP) is -0.0426. The van der Waals surface area contributed by atoms with E-state index in [1.54, 1.807) is 0 Å². The molecular weight excluding hydrogens is 266 g/mol. The monoisotopic (exact) mass is 281 g/mol. The van der Waals surface area contributed by atoms with Crippen molar-refractivity contribution in [2.45, 2.75) is 19.3 Å². The van der Waals surface area contributed by atoms with Gasteiger partial charge in [0.2, 0.25) is 5.91 Å². The minimum absolute atomic E-state index is 0.0471. The van der Waals surface area contributed by atoms with Gasteiger partial charge in [0.25, 0.3) is 11.6 Å². The van der Waals surface area contributed by atoms with Gasteiger partial charge in [-0.05, 0) is 12.8 Å². The lowest BCUT2D eigenvalue weighted by Crippen LogP contribution is -2.26. The van der Waals surface area contributed by atoms with Crippen LogP contribution < -0.4 is 16.8 Å². The summed E-state index contributed by atoms with van der Waals surface area (Å²) < 4.78 is 0. The number of hydrogen-bond acceptors (Lipinski definition) is 6. The van der Waals surface area contributed by atoms with Crippen LogP contribution in [-0.4, -0.2) is 28.3 Å². The number of primary amides is 1. The maximum atomic E-state index is 11.8. The maximum Gasteiger partial charge on any atom is 0.288 e. The summed E-state index contributed by atoms with van der Waals surface area (Å²) in [7, 11) is 0. The summed E-state index contributed by atoms with van der Waals surface area (Å²) in [6.45, 7) is 0.314. The second-order valence-electron chi connectivity index (χ2n) is 4.06. The number of nitro groups is 1. The highest BCUT2D eigenvalue weighted by Crippen LogP contribution is 2.16. The Hall–Kier alpha value is -2.71. The standard InChI is InChI=1S/C11H15N5O4/c12-9(17)3-1-2-4-14-11(18)8-5-7(16(19)20)6-15-10(8)13/h5-6H,1-4H2,(H2,12,17)(H2,13,15)(H,14,18). The van der Waals surface area contributed by atoms with E-state index in [2.05, 4.69) is 10.3 Å². The molecule has 9 heteroatoms. The third-order valence-corrected chi connectivity index (χ3v) is 2.50. The van der Waals surface area contributed by atoms with Crippen molar-refractivity contribution in [2.75, 3.05) is 12.3 Å². The van der Waals surface area contributed by atoms with Gasteiger partial charge in [0.15, 0.2) is 0 Å². The number of nitrogen functional groups attached to an aromatic ring is 1. The van der Waals surface area contributed by atoms with E-state index in [1.807, 2.05) is 0 Å². The van der Waals surface area contributed by atoms with Crippen molar-refractivity contribution < 1.29 is 14.5 Å². The van der Waals surface area contributed by atoms with Crippen LogP contribution in [0.3, 0.4) is 0 Å². The molecule has 5 N–H and O–H groups in total. The number of nitrogens with zero attached hydrogens (tertiary/aromatic N) is 2. The van der Waals surface area contributed by atoms with Crippen LogP contribution >= 0.6 is 0 Å².